The topological polar surface area (TPSA) is 20.2 Å². The maximum Gasteiger partial charge on any atom is 0.129 e. The lowest BCUT2D eigenvalue weighted by atomic mass is 10.2. The van der Waals surface area contributed by atoms with Gasteiger partial charge in [0.2, 0.25) is 0 Å². The predicted octanol–water partition coefficient (Wildman–Crippen LogP) is 2.03. The van der Waals surface area contributed by atoms with Crippen LogP contribution in [0.4, 0.5) is 0 Å². The zero-order chi connectivity index (χ0) is 10.3. The van der Waals surface area contributed by atoms with E-state index in [1.54, 1.807) is 0 Å². The molecule has 0 aliphatic carbocycles. The van der Waals surface area contributed by atoms with Crippen LogP contribution in [0.15, 0.2) is 0 Å². The van der Waals surface area contributed by atoms with Gasteiger partial charge in [0.25, 0.3) is 0 Å². The van der Waals surface area contributed by atoms with Crippen molar-refractivity contribution < 1.29 is 5.11 Å². The Morgan fingerprint density at radius 3 is 2.46 bits per heavy atom. The molecule has 72 valence electrons. The first-order valence-electron chi connectivity index (χ1n) is 4.60. The molecular weight excluding hydrogens is 176 g/mol. The number of hydrogen-bond donors (Lipinski definition) is 1. The molecule has 2 heteroatoms. The molecule has 0 aliphatic rings. The summed E-state index contributed by atoms with van der Waals surface area (Å²) in [6.45, 7) is 6.48. The van der Waals surface area contributed by atoms with Crippen molar-refractivity contribution in [3.05, 3.63) is 0 Å². The second-order valence-corrected chi connectivity index (χ2v) is 8.88. The minimum atomic E-state index is -1.33. The van der Waals surface area contributed by atoms with Gasteiger partial charge in [-0.25, -0.2) is 0 Å². The Kier molecular flexibility index (Phi) is 5.54. The van der Waals surface area contributed by atoms with Crippen LogP contribution < -0.4 is 0 Å². The van der Waals surface area contributed by atoms with E-state index in [1.165, 1.54) is 0 Å². The van der Waals surface area contributed by atoms with E-state index in [-0.39, 0.29) is 0 Å². The maximum atomic E-state index is 9.42. The van der Waals surface area contributed by atoms with Gasteiger partial charge in [-0.15, -0.1) is 17.9 Å². The molecule has 1 N–H and O–H groups in total. The molecule has 0 aliphatic heterocycles. The van der Waals surface area contributed by atoms with Crippen LogP contribution in [0.2, 0.25) is 19.6 Å². The first kappa shape index (κ1) is 12.3. The second kappa shape index (κ2) is 5.86. The molecule has 0 bridgehead atoms. The molecule has 0 aromatic carbocycles. The van der Waals surface area contributed by atoms with Crippen LogP contribution in [0.3, 0.4) is 0 Å². The lowest BCUT2D eigenvalue weighted by molar-refractivity contribution is 0.219. The number of terminal acetylenes is 1. The van der Waals surface area contributed by atoms with Gasteiger partial charge in [0.15, 0.2) is 0 Å². The highest BCUT2D eigenvalue weighted by molar-refractivity contribution is 6.83. The van der Waals surface area contributed by atoms with Gasteiger partial charge in [-0.05, 0) is 12.8 Å². The zero-order valence-corrected chi connectivity index (χ0v) is 9.72. The SMILES string of the molecule is C#CCCCC(O)C#C[Si](C)(C)C. The van der Waals surface area contributed by atoms with E-state index < -0.39 is 14.2 Å². The van der Waals surface area contributed by atoms with E-state index in [0.29, 0.717) is 6.42 Å². The summed E-state index contributed by atoms with van der Waals surface area (Å²) < 4.78 is 0. The van der Waals surface area contributed by atoms with Crippen LogP contribution in [0.1, 0.15) is 19.3 Å². The minimum absolute atomic E-state index is 0.486. The summed E-state index contributed by atoms with van der Waals surface area (Å²) >= 11 is 0. The molecule has 0 saturated heterocycles. The summed E-state index contributed by atoms with van der Waals surface area (Å²) in [6, 6.07) is 0. The standard InChI is InChI=1S/C11H18OSi/c1-5-6-7-8-11(12)9-10-13(2,3)4/h1,11-12H,6-8H2,2-4H3. The van der Waals surface area contributed by atoms with Crippen molar-refractivity contribution in [3.8, 4) is 23.8 Å². The van der Waals surface area contributed by atoms with Crippen LogP contribution in [0.5, 0.6) is 0 Å². The minimum Gasteiger partial charge on any atom is -0.380 e. The quantitative estimate of drug-likeness (QED) is 0.414. The van der Waals surface area contributed by atoms with E-state index in [1.807, 2.05) is 0 Å². The van der Waals surface area contributed by atoms with Gasteiger partial charge in [-0.1, -0.05) is 25.6 Å². The maximum absolute atomic E-state index is 9.42. The van der Waals surface area contributed by atoms with Crippen molar-refractivity contribution in [1.29, 1.82) is 0 Å². The van der Waals surface area contributed by atoms with Gasteiger partial charge in [0.1, 0.15) is 14.2 Å². The Labute approximate surface area is 82.6 Å². The molecule has 13 heavy (non-hydrogen) atoms. The highest BCUT2D eigenvalue weighted by Gasteiger charge is 2.08. The number of hydrogen-bond acceptors (Lipinski definition) is 1. The van der Waals surface area contributed by atoms with Gasteiger partial charge >= 0.3 is 0 Å². The number of aliphatic hydroxyl groups excluding tert-OH is 1. The van der Waals surface area contributed by atoms with Crippen molar-refractivity contribution in [2.45, 2.75) is 45.0 Å². The van der Waals surface area contributed by atoms with Crippen LogP contribution in [0.25, 0.3) is 0 Å². The number of aliphatic hydroxyl groups is 1. The summed E-state index contributed by atoms with van der Waals surface area (Å²) in [4.78, 5) is 0. The first-order valence-corrected chi connectivity index (χ1v) is 8.10. The van der Waals surface area contributed by atoms with Crippen molar-refractivity contribution in [3.63, 3.8) is 0 Å². The molecule has 0 amide bonds. The van der Waals surface area contributed by atoms with Gasteiger partial charge in [0, 0.05) is 6.42 Å². The molecule has 0 saturated carbocycles. The molecule has 1 atom stereocenters. The fraction of sp³-hybridized carbons (Fsp3) is 0.636. The zero-order valence-electron chi connectivity index (χ0n) is 8.72. The number of unbranched alkanes of at least 4 members (excludes halogenated alkanes) is 1. The summed E-state index contributed by atoms with van der Waals surface area (Å²) in [5, 5.41) is 9.42. The van der Waals surface area contributed by atoms with Crippen molar-refractivity contribution in [1.82, 2.24) is 0 Å². The lowest BCUT2D eigenvalue weighted by Crippen LogP contribution is -2.17. The van der Waals surface area contributed by atoms with Crippen LogP contribution >= 0.6 is 0 Å². The van der Waals surface area contributed by atoms with Gasteiger partial charge in [0.05, 0.1) is 0 Å². The highest BCUT2D eigenvalue weighted by Crippen LogP contribution is 2.01. The molecule has 0 radical (unpaired) electrons. The normalized spacial score (nSPS) is 12.5. The predicted molar refractivity (Wildman–Crippen MR) is 59.8 cm³/mol. The molecule has 1 unspecified atom stereocenters. The summed E-state index contributed by atoms with van der Waals surface area (Å²) in [5.41, 5.74) is 3.14. The summed E-state index contributed by atoms with van der Waals surface area (Å²) in [5.74, 6) is 5.42. The average molecular weight is 194 g/mol. The van der Waals surface area contributed by atoms with E-state index >= 15 is 0 Å². The average Bonchev–Trinajstić information content (AvgIpc) is 2.00. The third-order valence-electron chi connectivity index (χ3n) is 1.41. The molecule has 0 spiro atoms. The number of rotatable bonds is 3. The van der Waals surface area contributed by atoms with Crippen molar-refractivity contribution in [2.75, 3.05) is 0 Å². The second-order valence-electron chi connectivity index (χ2n) is 4.13. The Morgan fingerprint density at radius 1 is 1.38 bits per heavy atom. The Morgan fingerprint density at radius 2 is 2.00 bits per heavy atom. The van der Waals surface area contributed by atoms with Crippen molar-refractivity contribution >= 4 is 8.07 Å². The summed E-state index contributed by atoms with van der Waals surface area (Å²) in [7, 11) is -1.33. The van der Waals surface area contributed by atoms with Crippen molar-refractivity contribution in [2.24, 2.45) is 0 Å². The summed E-state index contributed by atoms with van der Waals surface area (Å²) in [6.07, 6.45) is 6.89. The van der Waals surface area contributed by atoms with Crippen LogP contribution in [0, 0.1) is 23.8 Å². The molecule has 0 heterocycles. The van der Waals surface area contributed by atoms with E-state index in [9.17, 15) is 5.11 Å². The third-order valence-corrected chi connectivity index (χ3v) is 2.31. The molecule has 1 nitrogen and oxygen atoms in total. The Balaban J connectivity index is 3.79. The van der Waals surface area contributed by atoms with E-state index in [0.717, 1.165) is 12.8 Å². The van der Waals surface area contributed by atoms with E-state index in [2.05, 4.69) is 37.0 Å². The van der Waals surface area contributed by atoms with Gasteiger partial charge in [-0.3, -0.25) is 0 Å². The molecular formula is C11H18OSi. The molecule has 0 aromatic rings. The van der Waals surface area contributed by atoms with Crippen LogP contribution in [-0.2, 0) is 0 Å². The molecule has 0 aromatic heterocycles. The fourth-order valence-electron chi connectivity index (χ4n) is 0.769. The van der Waals surface area contributed by atoms with Gasteiger partial charge < -0.3 is 5.11 Å². The highest BCUT2D eigenvalue weighted by atomic mass is 28.3. The van der Waals surface area contributed by atoms with Crippen LogP contribution in [-0.4, -0.2) is 19.3 Å². The monoisotopic (exact) mass is 194 g/mol. The first-order chi connectivity index (χ1) is 5.95. The molecule has 0 rings (SSSR count). The largest absolute Gasteiger partial charge is 0.380 e. The van der Waals surface area contributed by atoms with E-state index in [4.69, 9.17) is 6.42 Å². The fourth-order valence-corrected chi connectivity index (χ4v) is 1.37. The molecule has 0 fully saturated rings. The van der Waals surface area contributed by atoms with Gasteiger partial charge in [-0.2, -0.15) is 0 Å². The Bertz CT molecular complexity index is 234. The lowest BCUT2D eigenvalue weighted by Gasteiger charge is -2.05. The third kappa shape index (κ3) is 9.21. The smallest absolute Gasteiger partial charge is 0.129 e. The Hall–Kier alpha value is -0.703.